The van der Waals surface area contributed by atoms with Crippen LogP contribution in [-0.2, 0) is 23.1 Å². The first kappa shape index (κ1) is 28.3. The maximum absolute atomic E-state index is 13.1. The lowest BCUT2D eigenvalue weighted by Gasteiger charge is -2.15. The number of nitrogens with zero attached hydrogens (tertiary/aromatic N) is 3. The van der Waals surface area contributed by atoms with Gasteiger partial charge in [-0.25, -0.2) is 27.5 Å². The summed E-state index contributed by atoms with van der Waals surface area (Å²) in [7, 11) is 0. The van der Waals surface area contributed by atoms with Gasteiger partial charge in [0.1, 0.15) is 5.82 Å². The van der Waals surface area contributed by atoms with Gasteiger partial charge in [0, 0.05) is 36.5 Å². The van der Waals surface area contributed by atoms with Crippen molar-refractivity contribution in [3.8, 4) is 5.69 Å². The summed E-state index contributed by atoms with van der Waals surface area (Å²) >= 11 is -1.54. The Kier molecular flexibility index (Phi) is 8.36. The molecule has 1 saturated heterocycles. The standard InChI is InChI=1S/C30H35N7O3S/c1-30(2,3)26-19-27(33-29(39)32-25-15-9-12-22-11-4-5-14-24(22)25)37(34-26)23-13-8-10-21(18-23)20-31-28(38)35-41(40)36-16-6-7-17-36/h4-5,8-15,18-19H,6-7,16-17,20H2,1-3H3,(H2,31,35,38)(H2,32,33,39). The summed E-state index contributed by atoms with van der Waals surface area (Å²) in [6.45, 7) is 7.84. The largest absolute Gasteiger partial charge is 0.333 e. The molecule has 1 aromatic heterocycles. The number of fused-ring (bicyclic) bond motifs is 1. The monoisotopic (exact) mass is 573 g/mol. The van der Waals surface area contributed by atoms with E-state index in [1.54, 1.807) is 8.99 Å². The molecule has 1 fully saturated rings. The lowest BCUT2D eigenvalue weighted by molar-refractivity contribution is 0.245. The van der Waals surface area contributed by atoms with Crippen molar-refractivity contribution in [2.24, 2.45) is 0 Å². The molecule has 4 N–H and O–H groups in total. The third-order valence-corrected chi connectivity index (χ3v) is 8.04. The van der Waals surface area contributed by atoms with Crippen molar-refractivity contribution in [2.45, 2.75) is 45.6 Å². The zero-order chi connectivity index (χ0) is 29.0. The third-order valence-electron chi connectivity index (χ3n) is 6.84. The van der Waals surface area contributed by atoms with Gasteiger partial charge in [0.05, 0.1) is 17.1 Å². The number of hydrogen-bond donors (Lipinski definition) is 4. The van der Waals surface area contributed by atoms with Crippen LogP contribution in [-0.4, -0.2) is 43.4 Å². The molecule has 1 aliphatic rings. The van der Waals surface area contributed by atoms with Crippen molar-refractivity contribution in [3.63, 3.8) is 0 Å². The molecule has 1 atom stereocenters. The van der Waals surface area contributed by atoms with Crippen LogP contribution in [0.15, 0.2) is 72.8 Å². The Labute approximate surface area is 242 Å². The molecule has 3 aromatic carbocycles. The smallest absolute Gasteiger partial charge is 0.327 e. The van der Waals surface area contributed by atoms with Gasteiger partial charge in [0.25, 0.3) is 0 Å². The number of anilines is 2. The Morgan fingerprint density at radius 2 is 1.63 bits per heavy atom. The highest BCUT2D eigenvalue weighted by atomic mass is 32.2. The van der Waals surface area contributed by atoms with Gasteiger partial charge in [-0.2, -0.15) is 5.10 Å². The van der Waals surface area contributed by atoms with E-state index >= 15 is 0 Å². The number of amides is 4. The van der Waals surface area contributed by atoms with E-state index in [-0.39, 0.29) is 18.0 Å². The van der Waals surface area contributed by atoms with E-state index < -0.39 is 17.2 Å². The SMILES string of the molecule is CC(C)(C)c1cc(NC(=O)Nc2cccc3ccccc23)n(-c2cccc(CNC(=O)NS(=O)N3CCCC3)c2)n1. The number of rotatable bonds is 7. The van der Waals surface area contributed by atoms with Crippen LogP contribution in [0, 0.1) is 0 Å². The van der Waals surface area contributed by atoms with E-state index in [4.69, 9.17) is 5.10 Å². The molecule has 0 aliphatic carbocycles. The van der Waals surface area contributed by atoms with Crippen molar-refractivity contribution < 1.29 is 13.8 Å². The van der Waals surface area contributed by atoms with Gasteiger partial charge in [-0.3, -0.25) is 5.32 Å². The van der Waals surface area contributed by atoms with Gasteiger partial charge in [-0.1, -0.05) is 69.3 Å². The van der Waals surface area contributed by atoms with Crippen molar-refractivity contribution in [2.75, 3.05) is 23.7 Å². The summed E-state index contributed by atoms with van der Waals surface area (Å²) in [5.74, 6) is 0.511. The minimum Gasteiger partial charge on any atom is -0.333 e. The van der Waals surface area contributed by atoms with Crippen LogP contribution >= 0.6 is 0 Å². The number of aromatic nitrogens is 2. The van der Waals surface area contributed by atoms with E-state index in [0.717, 1.165) is 40.6 Å². The average Bonchev–Trinajstić information content (AvgIpc) is 3.63. The first-order chi connectivity index (χ1) is 19.7. The van der Waals surface area contributed by atoms with Crippen LogP contribution in [0.25, 0.3) is 16.5 Å². The second kappa shape index (κ2) is 12.1. The van der Waals surface area contributed by atoms with E-state index in [1.807, 2.05) is 72.8 Å². The molecule has 4 amide bonds. The zero-order valence-corrected chi connectivity index (χ0v) is 24.3. The molecule has 2 heterocycles. The summed E-state index contributed by atoms with van der Waals surface area (Å²) in [4.78, 5) is 25.5. The van der Waals surface area contributed by atoms with Gasteiger partial charge in [0.2, 0.25) is 0 Å². The van der Waals surface area contributed by atoms with Gasteiger partial charge < -0.3 is 10.6 Å². The number of carbonyl (C=O) groups is 2. The molecule has 0 radical (unpaired) electrons. The van der Waals surface area contributed by atoms with Gasteiger partial charge >= 0.3 is 12.1 Å². The minimum absolute atomic E-state index is 0.231. The fraction of sp³-hybridized carbons (Fsp3) is 0.300. The Bertz CT molecular complexity index is 1580. The first-order valence-electron chi connectivity index (χ1n) is 13.6. The lowest BCUT2D eigenvalue weighted by Crippen LogP contribution is -2.42. The third kappa shape index (κ3) is 6.93. The van der Waals surface area contributed by atoms with Crippen LogP contribution in [0.5, 0.6) is 0 Å². The van der Waals surface area contributed by atoms with E-state index in [9.17, 15) is 13.8 Å². The van der Waals surface area contributed by atoms with Crippen LogP contribution in [0.2, 0.25) is 0 Å². The molecule has 0 spiro atoms. The Balaban J connectivity index is 1.32. The topological polar surface area (TPSA) is 120 Å². The molecule has 1 aliphatic heterocycles. The van der Waals surface area contributed by atoms with Crippen molar-refractivity contribution in [1.82, 2.24) is 24.1 Å². The minimum atomic E-state index is -1.54. The van der Waals surface area contributed by atoms with Gasteiger partial charge in [-0.15, -0.1) is 0 Å². The zero-order valence-electron chi connectivity index (χ0n) is 23.4. The Morgan fingerprint density at radius 1 is 0.902 bits per heavy atom. The predicted octanol–water partition coefficient (Wildman–Crippen LogP) is 5.44. The molecule has 11 heteroatoms. The van der Waals surface area contributed by atoms with Crippen LogP contribution in [0.4, 0.5) is 21.1 Å². The van der Waals surface area contributed by atoms with Crippen molar-refractivity contribution in [1.29, 1.82) is 0 Å². The molecule has 0 saturated carbocycles. The van der Waals surface area contributed by atoms with Crippen molar-refractivity contribution in [3.05, 3.63) is 84.1 Å². The van der Waals surface area contributed by atoms with Crippen molar-refractivity contribution >= 4 is 45.5 Å². The van der Waals surface area contributed by atoms with E-state index in [0.29, 0.717) is 24.6 Å². The summed E-state index contributed by atoms with van der Waals surface area (Å²) < 4.78 is 18.2. The number of carbonyl (C=O) groups excluding carboxylic acids is 2. The quantitative estimate of drug-likeness (QED) is 0.235. The highest BCUT2D eigenvalue weighted by molar-refractivity contribution is 7.81. The van der Waals surface area contributed by atoms with Gasteiger partial charge in [-0.05, 0) is 42.0 Å². The van der Waals surface area contributed by atoms with E-state index in [2.05, 4.69) is 41.4 Å². The maximum atomic E-state index is 13.1. The van der Waals surface area contributed by atoms with Crippen LogP contribution in [0.3, 0.4) is 0 Å². The molecular formula is C30H35N7O3S. The molecule has 1 unspecified atom stereocenters. The van der Waals surface area contributed by atoms with E-state index in [1.165, 1.54) is 0 Å². The molecule has 5 rings (SSSR count). The molecule has 10 nitrogen and oxygen atoms in total. The summed E-state index contributed by atoms with van der Waals surface area (Å²) in [5.41, 5.74) is 2.81. The average molecular weight is 574 g/mol. The summed E-state index contributed by atoms with van der Waals surface area (Å²) in [6, 6.07) is 22.2. The Morgan fingerprint density at radius 3 is 2.41 bits per heavy atom. The van der Waals surface area contributed by atoms with Crippen LogP contribution < -0.4 is 20.7 Å². The Hall–Kier alpha value is -4.22. The number of nitrogens with one attached hydrogen (secondary N) is 4. The highest BCUT2D eigenvalue weighted by Gasteiger charge is 2.22. The number of urea groups is 2. The van der Waals surface area contributed by atoms with Gasteiger partial charge in [0.15, 0.2) is 11.2 Å². The maximum Gasteiger partial charge on any atom is 0.327 e. The molecular weight excluding hydrogens is 538 g/mol. The summed E-state index contributed by atoms with van der Waals surface area (Å²) in [5, 5.41) is 15.5. The number of benzene rings is 3. The normalized spacial score (nSPS) is 14.5. The van der Waals surface area contributed by atoms with Crippen LogP contribution in [0.1, 0.15) is 44.9 Å². The second-order valence-corrected chi connectivity index (χ2v) is 12.2. The number of hydrogen-bond acceptors (Lipinski definition) is 4. The molecule has 41 heavy (non-hydrogen) atoms. The molecule has 214 valence electrons. The first-order valence-corrected chi connectivity index (χ1v) is 14.7. The predicted molar refractivity (Wildman–Crippen MR) is 163 cm³/mol. The fourth-order valence-electron chi connectivity index (χ4n) is 4.65. The fourth-order valence-corrected chi connectivity index (χ4v) is 5.60. The molecule has 4 aromatic rings. The molecule has 0 bridgehead atoms. The summed E-state index contributed by atoms with van der Waals surface area (Å²) in [6.07, 6.45) is 1.96. The lowest BCUT2D eigenvalue weighted by atomic mass is 9.92. The second-order valence-electron chi connectivity index (χ2n) is 11.0. The highest BCUT2D eigenvalue weighted by Crippen LogP contribution is 2.28.